The van der Waals surface area contributed by atoms with Crippen molar-refractivity contribution in [1.82, 2.24) is 9.78 Å². The molecule has 104 valence electrons. The van der Waals surface area contributed by atoms with Crippen molar-refractivity contribution in [2.45, 2.75) is 19.1 Å². The maximum Gasteiger partial charge on any atom is 0.166 e. The standard InChI is InChI=1S/C14H15FN4O/c1-9(17)14(11-7-18-19(2)8-11)20-13-4-3-10(6-16)5-12(13)15/h3-5,7-9,14H,17H2,1-2H3. The lowest BCUT2D eigenvalue weighted by molar-refractivity contribution is 0.172. The van der Waals surface area contributed by atoms with Crippen molar-refractivity contribution < 1.29 is 9.13 Å². The van der Waals surface area contributed by atoms with Crippen molar-refractivity contribution in [2.24, 2.45) is 12.8 Å². The lowest BCUT2D eigenvalue weighted by atomic mass is 10.1. The van der Waals surface area contributed by atoms with Gasteiger partial charge in [-0.25, -0.2) is 4.39 Å². The van der Waals surface area contributed by atoms with Gasteiger partial charge in [0.15, 0.2) is 11.6 Å². The van der Waals surface area contributed by atoms with Crippen LogP contribution in [0.5, 0.6) is 5.75 Å². The van der Waals surface area contributed by atoms with Crippen molar-refractivity contribution in [3.8, 4) is 11.8 Å². The van der Waals surface area contributed by atoms with Gasteiger partial charge in [0.05, 0.1) is 17.8 Å². The summed E-state index contributed by atoms with van der Waals surface area (Å²) in [5.74, 6) is -0.520. The molecule has 20 heavy (non-hydrogen) atoms. The molecule has 1 aromatic carbocycles. The molecule has 2 unspecified atom stereocenters. The molecule has 0 spiro atoms. The molecule has 2 rings (SSSR count). The molecule has 0 fully saturated rings. The SMILES string of the molecule is CC(N)C(Oc1ccc(C#N)cc1F)c1cnn(C)c1. The van der Waals surface area contributed by atoms with Crippen LogP contribution in [0.25, 0.3) is 0 Å². The second kappa shape index (κ2) is 5.72. The number of aromatic nitrogens is 2. The van der Waals surface area contributed by atoms with Gasteiger partial charge in [0.2, 0.25) is 0 Å². The van der Waals surface area contributed by atoms with Crippen LogP contribution in [0.4, 0.5) is 4.39 Å². The maximum atomic E-state index is 13.8. The molecule has 0 aliphatic rings. The smallest absolute Gasteiger partial charge is 0.166 e. The number of ether oxygens (including phenoxy) is 1. The van der Waals surface area contributed by atoms with E-state index in [1.165, 1.54) is 12.1 Å². The third-order valence-electron chi connectivity index (χ3n) is 2.85. The van der Waals surface area contributed by atoms with E-state index in [2.05, 4.69) is 5.10 Å². The van der Waals surface area contributed by atoms with Gasteiger partial charge in [0, 0.05) is 24.8 Å². The minimum Gasteiger partial charge on any atom is -0.481 e. The third kappa shape index (κ3) is 2.95. The zero-order chi connectivity index (χ0) is 14.7. The Morgan fingerprint density at radius 1 is 1.50 bits per heavy atom. The molecule has 2 aromatic rings. The number of halogens is 1. The van der Waals surface area contributed by atoms with E-state index in [-0.39, 0.29) is 17.4 Å². The zero-order valence-corrected chi connectivity index (χ0v) is 11.2. The second-order valence-electron chi connectivity index (χ2n) is 4.60. The molecule has 0 amide bonds. The summed E-state index contributed by atoms with van der Waals surface area (Å²) in [6.07, 6.45) is 2.90. The van der Waals surface area contributed by atoms with E-state index < -0.39 is 11.9 Å². The van der Waals surface area contributed by atoms with Gasteiger partial charge in [0.1, 0.15) is 6.10 Å². The first-order chi connectivity index (χ1) is 9.51. The number of aryl methyl sites for hydroxylation is 1. The Morgan fingerprint density at radius 3 is 2.75 bits per heavy atom. The summed E-state index contributed by atoms with van der Waals surface area (Å²) >= 11 is 0. The van der Waals surface area contributed by atoms with E-state index in [1.54, 1.807) is 31.0 Å². The predicted octanol–water partition coefficient (Wildman–Crippen LogP) is 1.90. The highest BCUT2D eigenvalue weighted by Gasteiger charge is 2.21. The van der Waals surface area contributed by atoms with E-state index in [4.69, 9.17) is 15.7 Å². The van der Waals surface area contributed by atoms with Crippen molar-refractivity contribution >= 4 is 0 Å². The maximum absolute atomic E-state index is 13.8. The molecular weight excluding hydrogens is 259 g/mol. The van der Waals surface area contributed by atoms with Crippen molar-refractivity contribution in [1.29, 1.82) is 5.26 Å². The molecule has 0 aliphatic carbocycles. The highest BCUT2D eigenvalue weighted by atomic mass is 19.1. The summed E-state index contributed by atoms with van der Waals surface area (Å²) in [7, 11) is 1.78. The van der Waals surface area contributed by atoms with Gasteiger partial charge in [-0.15, -0.1) is 0 Å². The highest BCUT2D eigenvalue weighted by Crippen LogP contribution is 2.26. The fourth-order valence-corrected chi connectivity index (χ4v) is 1.87. The molecule has 0 bridgehead atoms. The molecular formula is C14H15FN4O. The van der Waals surface area contributed by atoms with Crippen LogP contribution in [0.3, 0.4) is 0 Å². The summed E-state index contributed by atoms with van der Waals surface area (Å²) in [6.45, 7) is 1.78. The minimum absolute atomic E-state index is 0.0650. The van der Waals surface area contributed by atoms with E-state index in [0.29, 0.717) is 0 Å². The van der Waals surface area contributed by atoms with Gasteiger partial charge in [-0.05, 0) is 25.1 Å². The molecule has 0 saturated heterocycles. The third-order valence-corrected chi connectivity index (χ3v) is 2.85. The largest absolute Gasteiger partial charge is 0.481 e. The van der Waals surface area contributed by atoms with Crippen LogP contribution < -0.4 is 10.5 Å². The molecule has 2 atom stereocenters. The van der Waals surface area contributed by atoms with E-state index in [9.17, 15) is 4.39 Å². The summed E-state index contributed by atoms with van der Waals surface area (Å²) in [4.78, 5) is 0. The molecule has 1 aromatic heterocycles. The molecule has 0 radical (unpaired) electrons. The first-order valence-electron chi connectivity index (χ1n) is 6.11. The Morgan fingerprint density at radius 2 is 2.25 bits per heavy atom. The fourth-order valence-electron chi connectivity index (χ4n) is 1.87. The van der Waals surface area contributed by atoms with Crippen molar-refractivity contribution in [3.63, 3.8) is 0 Å². The molecule has 2 N–H and O–H groups in total. The summed E-state index contributed by atoms with van der Waals surface area (Å²) < 4.78 is 21.1. The average Bonchev–Trinajstić information content (AvgIpc) is 2.83. The normalized spacial score (nSPS) is 13.6. The number of nitriles is 1. The van der Waals surface area contributed by atoms with Gasteiger partial charge >= 0.3 is 0 Å². The Balaban J connectivity index is 2.27. The molecule has 0 saturated carbocycles. The first-order valence-corrected chi connectivity index (χ1v) is 6.11. The first kappa shape index (κ1) is 14.0. The number of hydrogen-bond donors (Lipinski definition) is 1. The number of nitrogens with two attached hydrogens (primary N) is 1. The average molecular weight is 274 g/mol. The number of hydrogen-bond acceptors (Lipinski definition) is 4. The Hall–Kier alpha value is -2.39. The van der Waals surface area contributed by atoms with Crippen LogP contribution >= 0.6 is 0 Å². The van der Waals surface area contributed by atoms with Gasteiger partial charge in [-0.1, -0.05) is 0 Å². The number of benzene rings is 1. The number of nitrogens with zero attached hydrogens (tertiary/aromatic N) is 3. The van der Waals surface area contributed by atoms with Crippen LogP contribution in [0.2, 0.25) is 0 Å². The van der Waals surface area contributed by atoms with Gasteiger partial charge in [-0.3, -0.25) is 4.68 Å². The van der Waals surface area contributed by atoms with Crippen molar-refractivity contribution in [2.75, 3.05) is 0 Å². The summed E-state index contributed by atoms with van der Waals surface area (Å²) in [5, 5.41) is 12.8. The topological polar surface area (TPSA) is 76.9 Å². The monoisotopic (exact) mass is 274 g/mol. The van der Waals surface area contributed by atoms with Crippen LogP contribution in [0, 0.1) is 17.1 Å². The Kier molecular flexibility index (Phi) is 4.01. The molecule has 6 heteroatoms. The lowest BCUT2D eigenvalue weighted by Crippen LogP contribution is -2.29. The van der Waals surface area contributed by atoms with Crippen molar-refractivity contribution in [3.05, 3.63) is 47.5 Å². The van der Waals surface area contributed by atoms with Gasteiger partial charge in [-0.2, -0.15) is 10.4 Å². The number of rotatable bonds is 4. The predicted molar refractivity (Wildman–Crippen MR) is 71.3 cm³/mol. The molecule has 0 aliphatic heterocycles. The minimum atomic E-state index is -0.585. The fraction of sp³-hybridized carbons (Fsp3) is 0.286. The Labute approximate surface area is 116 Å². The van der Waals surface area contributed by atoms with Crippen LogP contribution in [-0.4, -0.2) is 15.8 Å². The zero-order valence-electron chi connectivity index (χ0n) is 11.2. The molecule has 5 nitrogen and oxygen atoms in total. The quantitative estimate of drug-likeness (QED) is 0.923. The molecule has 1 heterocycles. The van der Waals surface area contributed by atoms with E-state index >= 15 is 0 Å². The van der Waals surface area contributed by atoms with Crippen LogP contribution in [0.1, 0.15) is 24.2 Å². The van der Waals surface area contributed by atoms with Gasteiger partial charge < -0.3 is 10.5 Å². The van der Waals surface area contributed by atoms with E-state index in [1.807, 2.05) is 6.07 Å². The van der Waals surface area contributed by atoms with Crippen LogP contribution in [-0.2, 0) is 7.05 Å². The highest BCUT2D eigenvalue weighted by molar-refractivity contribution is 5.36. The van der Waals surface area contributed by atoms with Crippen LogP contribution in [0.15, 0.2) is 30.6 Å². The Bertz CT molecular complexity index is 645. The lowest BCUT2D eigenvalue weighted by Gasteiger charge is -2.21. The van der Waals surface area contributed by atoms with E-state index in [0.717, 1.165) is 11.6 Å². The summed E-state index contributed by atoms with van der Waals surface area (Å²) in [5.41, 5.74) is 6.91. The van der Waals surface area contributed by atoms with Gasteiger partial charge in [0.25, 0.3) is 0 Å². The summed E-state index contributed by atoms with van der Waals surface area (Å²) in [6, 6.07) is 5.60. The second-order valence-corrected chi connectivity index (χ2v) is 4.60.